The molecular weight excluding hydrogens is 264 g/mol. The number of benzene rings is 1. The summed E-state index contributed by atoms with van der Waals surface area (Å²) in [5.41, 5.74) is 14.5. The van der Waals surface area contributed by atoms with Gasteiger partial charge in [-0.25, -0.2) is 4.52 Å². The summed E-state index contributed by atoms with van der Waals surface area (Å²) in [4.78, 5) is 11.2. The first kappa shape index (κ1) is 14.6. The summed E-state index contributed by atoms with van der Waals surface area (Å²) in [5, 5.41) is 4.15. The number of nitrogen functional groups attached to an aromatic ring is 1. The lowest BCUT2D eigenvalue weighted by Gasteiger charge is -2.02. The van der Waals surface area contributed by atoms with E-state index in [9.17, 15) is 4.79 Å². The molecule has 1 aromatic carbocycles. The second kappa shape index (κ2) is 6.09. The van der Waals surface area contributed by atoms with Gasteiger partial charge in [0.1, 0.15) is 0 Å². The van der Waals surface area contributed by atoms with Crippen LogP contribution >= 0.6 is 0 Å². The Morgan fingerprint density at radius 3 is 2.43 bits per heavy atom. The first-order valence-corrected chi connectivity index (χ1v) is 6.79. The molecule has 0 fully saturated rings. The monoisotopic (exact) mass is 282 g/mol. The molecule has 1 amide bonds. The van der Waals surface area contributed by atoms with E-state index in [1.807, 2.05) is 56.4 Å². The van der Waals surface area contributed by atoms with Crippen LogP contribution in [0, 0.1) is 0 Å². The number of hydrogen-bond donors (Lipinski definition) is 2. The number of anilines is 1. The number of amides is 1. The predicted octanol–water partition coefficient (Wildman–Crippen LogP) is 2.71. The number of rotatable bonds is 2. The van der Waals surface area contributed by atoms with Crippen LogP contribution in [0.15, 0.2) is 48.8 Å². The van der Waals surface area contributed by atoms with Gasteiger partial charge in [0.2, 0.25) is 0 Å². The summed E-state index contributed by atoms with van der Waals surface area (Å²) in [6, 6.07) is 11.8. The summed E-state index contributed by atoms with van der Waals surface area (Å²) in [5.74, 6) is -0.574. The molecule has 4 N–H and O–H groups in total. The molecule has 0 bridgehead atoms. The average molecular weight is 282 g/mol. The molecule has 5 heteroatoms. The molecule has 2 heterocycles. The molecule has 0 atom stereocenters. The average Bonchev–Trinajstić information content (AvgIpc) is 2.95. The molecule has 5 nitrogen and oxygen atoms in total. The van der Waals surface area contributed by atoms with Gasteiger partial charge in [0.25, 0.3) is 5.91 Å². The number of aromatic nitrogens is 2. The van der Waals surface area contributed by atoms with Crippen LogP contribution < -0.4 is 11.5 Å². The molecule has 0 aliphatic carbocycles. The number of nitrogens with two attached hydrogens (primary N) is 2. The van der Waals surface area contributed by atoms with Crippen LogP contribution in [0.1, 0.15) is 24.2 Å². The van der Waals surface area contributed by atoms with E-state index in [0.717, 1.165) is 11.1 Å². The van der Waals surface area contributed by atoms with E-state index in [-0.39, 0.29) is 5.56 Å². The Labute approximate surface area is 123 Å². The third kappa shape index (κ3) is 2.72. The van der Waals surface area contributed by atoms with E-state index in [4.69, 9.17) is 11.5 Å². The van der Waals surface area contributed by atoms with Crippen LogP contribution in [-0.2, 0) is 0 Å². The van der Waals surface area contributed by atoms with Crippen molar-refractivity contribution >= 4 is 17.1 Å². The van der Waals surface area contributed by atoms with Gasteiger partial charge in [-0.15, -0.1) is 0 Å². The van der Waals surface area contributed by atoms with Crippen molar-refractivity contribution in [2.45, 2.75) is 13.8 Å². The number of hydrogen-bond acceptors (Lipinski definition) is 3. The quantitative estimate of drug-likeness (QED) is 0.757. The number of carbonyl (C=O) groups excluding carboxylic acids is 1. The highest BCUT2D eigenvalue weighted by Crippen LogP contribution is 2.26. The summed E-state index contributed by atoms with van der Waals surface area (Å²) < 4.78 is 1.64. The molecule has 0 saturated heterocycles. The van der Waals surface area contributed by atoms with Crippen LogP contribution in [0.2, 0.25) is 0 Å². The van der Waals surface area contributed by atoms with Crippen LogP contribution in [-0.4, -0.2) is 15.5 Å². The Kier molecular flexibility index (Phi) is 4.23. The van der Waals surface area contributed by atoms with E-state index >= 15 is 0 Å². The minimum atomic E-state index is -0.574. The highest BCUT2D eigenvalue weighted by molar-refractivity contribution is 6.01. The zero-order valence-electron chi connectivity index (χ0n) is 12.1. The lowest BCUT2D eigenvalue weighted by atomic mass is 10.1. The van der Waals surface area contributed by atoms with Gasteiger partial charge < -0.3 is 11.5 Å². The molecule has 0 aliphatic heterocycles. The standard InChI is InChI=1S/C14H12N4O.C2H6/c15-13-11(14(16)19)7-17-18-8-10(6-12(13)18)9-4-2-1-3-5-9;1-2/h1-8H,15H2,(H2,16,19);1-2H3. The van der Waals surface area contributed by atoms with Gasteiger partial charge >= 0.3 is 0 Å². The second-order valence-corrected chi connectivity index (χ2v) is 4.26. The van der Waals surface area contributed by atoms with Gasteiger partial charge in [-0.3, -0.25) is 4.79 Å². The molecule has 0 spiro atoms. The summed E-state index contributed by atoms with van der Waals surface area (Å²) in [7, 11) is 0. The van der Waals surface area contributed by atoms with Crippen molar-refractivity contribution in [2.75, 3.05) is 5.73 Å². The van der Waals surface area contributed by atoms with Crippen molar-refractivity contribution in [1.82, 2.24) is 9.61 Å². The van der Waals surface area contributed by atoms with Gasteiger partial charge in [0.05, 0.1) is 23.0 Å². The highest BCUT2D eigenvalue weighted by atomic mass is 16.1. The molecule has 0 saturated carbocycles. The number of primary amides is 1. The lowest BCUT2D eigenvalue weighted by Crippen LogP contribution is -2.15. The van der Waals surface area contributed by atoms with E-state index in [1.54, 1.807) is 4.52 Å². The topological polar surface area (TPSA) is 86.4 Å². The van der Waals surface area contributed by atoms with Crippen LogP contribution in [0.5, 0.6) is 0 Å². The maximum absolute atomic E-state index is 11.2. The van der Waals surface area contributed by atoms with Crippen molar-refractivity contribution in [3.8, 4) is 11.1 Å². The summed E-state index contributed by atoms with van der Waals surface area (Å²) in [6.07, 6.45) is 3.26. The third-order valence-corrected chi connectivity index (χ3v) is 3.05. The smallest absolute Gasteiger partial charge is 0.252 e. The first-order valence-electron chi connectivity index (χ1n) is 6.79. The molecule has 21 heavy (non-hydrogen) atoms. The molecule has 3 rings (SSSR count). The van der Waals surface area contributed by atoms with Crippen molar-refractivity contribution in [1.29, 1.82) is 0 Å². The van der Waals surface area contributed by atoms with Gasteiger partial charge in [-0.05, 0) is 11.6 Å². The van der Waals surface area contributed by atoms with Gasteiger partial charge in [-0.2, -0.15) is 5.10 Å². The Hall–Kier alpha value is -2.82. The maximum Gasteiger partial charge on any atom is 0.252 e. The third-order valence-electron chi connectivity index (χ3n) is 3.05. The molecule has 0 unspecified atom stereocenters. The van der Waals surface area contributed by atoms with Crippen molar-refractivity contribution in [3.63, 3.8) is 0 Å². The molecule has 0 aliphatic rings. The van der Waals surface area contributed by atoms with Gasteiger partial charge in [0, 0.05) is 11.8 Å². The Balaban J connectivity index is 0.000000774. The van der Waals surface area contributed by atoms with E-state index in [2.05, 4.69) is 5.10 Å². The Morgan fingerprint density at radius 1 is 1.14 bits per heavy atom. The molecule has 108 valence electrons. The number of nitrogens with zero attached hydrogens (tertiary/aromatic N) is 2. The zero-order chi connectivity index (χ0) is 15.4. The molecular formula is C16H18N4O. The molecule has 0 radical (unpaired) electrons. The fraction of sp³-hybridized carbons (Fsp3) is 0.125. The van der Waals surface area contributed by atoms with Gasteiger partial charge in [0.15, 0.2) is 0 Å². The summed E-state index contributed by atoms with van der Waals surface area (Å²) >= 11 is 0. The normalized spacial score (nSPS) is 10.0. The fourth-order valence-corrected chi connectivity index (χ4v) is 2.06. The predicted molar refractivity (Wildman–Crippen MR) is 84.9 cm³/mol. The Bertz CT molecular complexity index is 763. The molecule has 2 aromatic heterocycles. The maximum atomic E-state index is 11.2. The first-order chi connectivity index (χ1) is 10.2. The number of fused-ring (bicyclic) bond motifs is 1. The number of carbonyl (C=O) groups is 1. The fourth-order valence-electron chi connectivity index (χ4n) is 2.06. The van der Waals surface area contributed by atoms with Crippen LogP contribution in [0.4, 0.5) is 5.69 Å². The minimum Gasteiger partial charge on any atom is -0.396 e. The van der Waals surface area contributed by atoms with Gasteiger partial charge in [-0.1, -0.05) is 44.2 Å². The summed E-state index contributed by atoms with van der Waals surface area (Å²) in [6.45, 7) is 4.00. The zero-order valence-corrected chi connectivity index (χ0v) is 12.1. The molecule has 3 aromatic rings. The minimum absolute atomic E-state index is 0.241. The van der Waals surface area contributed by atoms with E-state index in [1.165, 1.54) is 6.20 Å². The van der Waals surface area contributed by atoms with Crippen molar-refractivity contribution < 1.29 is 4.79 Å². The van der Waals surface area contributed by atoms with Crippen LogP contribution in [0.25, 0.3) is 16.6 Å². The van der Waals surface area contributed by atoms with Crippen LogP contribution in [0.3, 0.4) is 0 Å². The van der Waals surface area contributed by atoms with E-state index < -0.39 is 5.91 Å². The van der Waals surface area contributed by atoms with Crippen molar-refractivity contribution in [3.05, 3.63) is 54.4 Å². The largest absolute Gasteiger partial charge is 0.396 e. The second-order valence-electron chi connectivity index (χ2n) is 4.26. The van der Waals surface area contributed by atoms with Crippen molar-refractivity contribution in [2.24, 2.45) is 5.73 Å². The SMILES string of the molecule is CC.NC(=O)c1cnn2cc(-c3ccccc3)cc2c1N. The van der Waals surface area contributed by atoms with E-state index in [0.29, 0.717) is 11.2 Å². The Morgan fingerprint density at radius 2 is 1.81 bits per heavy atom. The lowest BCUT2D eigenvalue weighted by molar-refractivity contribution is 0.100. The highest BCUT2D eigenvalue weighted by Gasteiger charge is 2.12.